The van der Waals surface area contributed by atoms with E-state index in [2.05, 4.69) is 25.5 Å². The summed E-state index contributed by atoms with van der Waals surface area (Å²) in [5.41, 5.74) is 0.892. The SMILES string of the molecule is Cn1c(Sc2ccc3nnc(-c4ccccc4F)n3n2)nnc1-c1cccs1. The third-order valence-electron chi connectivity index (χ3n) is 4.13. The van der Waals surface area contributed by atoms with E-state index in [1.807, 2.05) is 35.2 Å². The van der Waals surface area contributed by atoms with Crippen molar-refractivity contribution >= 4 is 28.7 Å². The Kier molecular flexibility index (Phi) is 4.14. The molecule has 5 aromatic rings. The molecule has 0 aliphatic rings. The average molecular weight is 409 g/mol. The van der Waals surface area contributed by atoms with E-state index in [0.29, 0.717) is 27.2 Å². The predicted octanol–water partition coefficient (Wildman–Crippen LogP) is 3.94. The van der Waals surface area contributed by atoms with Crippen molar-refractivity contribution in [1.29, 1.82) is 0 Å². The number of thiophene rings is 1. The van der Waals surface area contributed by atoms with E-state index in [1.165, 1.54) is 22.3 Å². The molecule has 0 spiro atoms. The van der Waals surface area contributed by atoms with Crippen molar-refractivity contribution in [2.75, 3.05) is 0 Å². The number of halogens is 1. The number of hydrogen-bond donors (Lipinski definition) is 0. The maximum atomic E-state index is 14.2. The monoisotopic (exact) mass is 409 g/mol. The van der Waals surface area contributed by atoms with Gasteiger partial charge in [-0.3, -0.25) is 0 Å². The Morgan fingerprint density at radius 2 is 1.79 bits per heavy atom. The molecule has 5 rings (SSSR count). The molecule has 0 unspecified atom stereocenters. The summed E-state index contributed by atoms with van der Waals surface area (Å²) in [5.74, 6) is 0.785. The first-order chi connectivity index (χ1) is 13.7. The first kappa shape index (κ1) is 17.0. The molecule has 0 fully saturated rings. The third kappa shape index (κ3) is 2.86. The van der Waals surface area contributed by atoms with Crippen molar-refractivity contribution in [3.8, 4) is 22.1 Å². The van der Waals surface area contributed by atoms with Gasteiger partial charge in [0.2, 0.25) is 0 Å². The lowest BCUT2D eigenvalue weighted by molar-refractivity contribution is 0.629. The van der Waals surface area contributed by atoms with Crippen molar-refractivity contribution in [1.82, 2.24) is 34.6 Å². The van der Waals surface area contributed by atoms with Crippen molar-refractivity contribution < 1.29 is 4.39 Å². The lowest BCUT2D eigenvalue weighted by Gasteiger charge is -2.04. The zero-order chi connectivity index (χ0) is 19.1. The Morgan fingerprint density at radius 3 is 2.61 bits per heavy atom. The summed E-state index contributed by atoms with van der Waals surface area (Å²) in [7, 11) is 1.92. The molecule has 0 N–H and O–H groups in total. The Bertz CT molecular complexity index is 1280. The molecule has 28 heavy (non-hydrogen) atoms. The number of benzene rings is 1. The number of hydrogen-bond acceptors (Lipinski definition) is 7. The zero-order valence-electron chi connectivity index (χ0n) is 14.5. The lowest BCUT2D eigenvalue weighted by Crippen LogP contribution is -1.99. The highest BCUT2D eigenvalue weighted by atomic mass is 32.2. The summed E-state index contributed by atoms with van der Waals surface area (Å²) >= 11 is 2.98. The Morgan fingerprint density at radius 1 is 0.929 bits per heavy atom. The third-order valence-corrected chi connectivity index (χ3v) is 5.96. The Balaban J connectivity index is 1.53. The van der Waals surface area contributed by atoms with Gasteiger partial charge in [-0.15, -0.1) is 31.7 Å². The molecule has 10 heteroatoms. The zero-order valence-corrected chi connectivity index (χ0v) is 16.2. The van der Waals surface area contributed by atoms with Gasteiger partial charge < -0.3 is 4.57 Å². The highest BCUT2D eigenvalue weighted by Crippen LogP contribution is 2.30. The van der Waals surface area contributed by atoms with E-state index in [9.17, 15) is 4.39 Å². The highest BCUT2D eigenvalue weighted by Gasteiger charge is 2.16. The largest absolute Gasteiger partial charge is 0.304 e. The molecule has 0 atom stereocenters. The van der Waals surface area contributed by atoms with Gasteiger partial charge in [0.25, 0.3) is 0 Å². The van der Waals surface area contributed by atoms with Gasteiger partial charge >= 0.3 is 0 Å². The second-order valence-corrected chi connectivity index (χ2v) is 7.82. The van der Waals surface area contributed by atoms with Crippen LogP contribution in [0.5, 0.6) is 0 Å². The van der Waals surface area contributed by atoms with Gasteiger partial charge in [0.15, 0.2) is 22.5 Å². The molecule has 4 heterocycles. The second kappa shape index (κ2) is 6.80. The van der Waals surface area contributed by atoms with Crippen LogP contribution < -0.4 is 0 Å². The van der Waals surface area contributed by atoms with E-state index in [1.54, 1.807) is 35.6 Å². The van der Waals surface area contributed by atoms with E-state index in [0.717, 1.165) is 10.7 Å². The maximum Gasteiger partial charge on any atom is 0.197 e. The summed E-state index contributed by atoms with van der Waals surface area (Å²) < 4.78 is 17.6. The molecule has 0 aliphatic heterocycles. The first-order valence-electron chi connectivity index (χ1n) is 8.29. The molecule has 7 nitrogen and oxygen atoms in total. The predicted molar refractivity (Wildman–Crippen MR) is 105 cm³/mol. The van der Waals surface area contributed by atoms with Gasteiger partial charge in [-0.2, -0.15) is 9.61 Å². The fourth-order valence-electron chi connectivity index (χ4n) is 2.75. The van der Waals surface area contributed by atoms with Crippen molar-refractivity contribution in [2.24, 2.45) is 7.05 Å². The molecule has 0 amide bonds. The van der Waals surface area contributed by atoms with E-state index in [-0.39, 0.29) is 5.82 Å². The molecule has 138 valence electrons. The van der Waals surface area contributed by atoms with Crippen LogP contribution in [0.15, 0.2) is 64.1 Å². The van der Waals surface area contributed by atoms with E-state index >= 15 is 0 Å². The number of fused-ring (bicyclic) bond motifs is 1. The number of nitrogens with zero attached hydrogens (tertiary/aromatic N) is 7. The Hall–Kier alpha value is -3.11. The van der Waals surface area contributed by atoms with Crippen molar-refractivity contribution in [2.45, 2.75) is 10.2 Å². The lowest BCUT2D eigenvalue weighted by atomic mass is 10.2. The van der Waals surface area contributed by atoms with Gasteiger partial charge in [0, 0.05) is 7.05 Å². The smallest absolute Gasteiger partial charge is 0.197 e. The average Bonchev–Trinajstić information content (AvgIpc) is 3.43. The van der Waals surface area contributed by atoms with Crippen LogP contribution in [0.2, 0.25) is 0 Å². The van der Waals surface area contributed by atoms with Crippen LogP contribution in [-0.2, 0) is 7.05 Å². The summed E-state index contributed by atoms with van der Waals surface area (Å²) in [6, 6.07) is 14.0. The molecular formula is C18H12FN7S2. The van der Waals surface area contributed by atoms with Gasteiger partial charge in [0.1, 0.15) is 10.8 Å². The van der Waals surface area contributed by atoms with Crippen LogP contribution in [-0.4, -0.2) is 34.6 Å². The maximum absolute atomic E-state index is 14.2. The molecule has 0 aliphatic carbocycles. The molecule has 0 saturated carbocycles. The summed E-state index contributed by atoms with van der Waals surface area (Å²) in [4.78, 5) is 1.05. The molecule has 0 bridgehead atoms. The van der Waals surface area contributed by atoms with Crippen LogP contribution in [0, 0.1) is 5.82 Å². The minimum Gasteiger partial charge on any atom is -0.304 e. The number of rotatable bonds is 4. The normalized spacial score (nSPS) is 11.4. The van der Waals surface area contributed by atoms with Crippen molar-refractivity contribution in [3.05, 3.63) is 59.7 Å². The minimum atomic E-state index is -0.370. The highest BCUT2D eigenvalue weighted by molar-refractivity contribution is 7.99. The van der Waals surface area contributed by atoms with E-state index < -0.39 is 0 Å². The van der Waals surface area contributed by atoms with Gasteiger partial charge in [-0.05, 0) is 47.5 Å². The van der Waals surface area contributed by atoms with Crippen LogP contribution in [0.1, 0.15) is 0 Å². The minimum absolute atomic E-state index is 0.350. The van der Waals surface area contributed by atoms with Gasteiger partial charge in [0.05, 0.1) is 10.4 Å². The fraction of sp³-hybridized carbons (Fsp3) is 0.0556. The quantitative estimate of drug-likeness (QED) is 0.448. The van der Waals surface area contributed by atoms with Crippen molar-refractivity contribution in [3.63, 3.8) is 0 Å². The molecule has 4 aromatic heterocycles. The van der Waals surface area contributed by atoms with E-state index in [4.69, 9.17) is 0 Å². The molecule has 0 saturated heterocycles. The van der Waals surface area contributed by atoms with Gasteiger partial charge in [-0.25, -0.2) is 4.39 Å². The molecule has 0 radical (unpaired) electrons. The van der Waals surface area contributed by atoms with Crippen LogP contribution in [0.25, 0.3) is 27.7 Å². The van der Waals surface area contributed by atoms with Gasteiger partial charge in [-0.1, -0.05) is 18.2 Å². The fourth-order valence-corrected chi connectivity index (χ4v) is 4.25. The van der Waals surface area contributed by atoms with Crippen LogP contribution >= 0.6 is 23.1 Å². The summed E-state index contributed by atoms with van der Waals surface area (Å²) in [5, 5.41) is 24.7. The summed E-state index contributed by atoms with van der Waals surface area (Å²) in [6.07, 6.45) is 0. The topological polar surface area (TPSA) is 73.8 Å². The molecular weight excluding hydrogens is 397 g/mol. The summed E-state index contributed by atoms with van der Waals surface area (Å²) in [6.45, 7) is 0. The van der Waals surface area contributed by atoms with Crippen LogP contribution in [0.3, 0.4) is 0 Å². The second-order valence-electron chi connectivity index (χ2n) is 5.89. The number of aromatic nitrogens is 7. The first-order valence-corrected chi connectivity index (χ1v) is 9.99. The molecule has 1 aromatic carbocycles. The van der Waals surface area contributed by atoms with Crippen LogP contribution in [0.4, 0.5) is 4.39 Å². The Labute approximate surface area is 166 Å². The standard InChI is InChI=1S/C18H12FN7S2/c1-25-17(13-7-4-10-27-13)22-23-18(25)28-15-9-8-14-20-21-16(26(14)24-15)11-5-2-3-6-12(11)19/h2-10H,1H3.